The molecule has 3 saturated heterocycles. The number of amides is 1. The monoisotopic (exact) mass is 346 g/mol. The Morgan fingerprint density at radius 2 is 2.04 bits per heavy atom. The second-order valence-electron chi connectivity index (χ2n) is 6.22. The van der Waals surface area contributed by atoms with Crippen LogP contribution in [0.2, 0.25) is 5.02 Å². The fourth-order valence-electron chi connectivity index (χ4n) is 3.58. The third-order valence-electron chi connectivity index (χ3n) is 4.69. The number of hydrogen-bond donors (Lipinski definition) is 0. The standard InChI is InChI=1S/C17H16ClFN4O/c1-10-20-6-5-15(21-10)22-8-11-7-12(9-22)23(11)17(24)16-13(18)3-2-4-14(16)19/h2-6,11-12H,7-9H2,1H3. The van der Waals surface area contributed by atoms with E-state index < -0.39 is 5.82 Å². The van der Waals surface area contributed by atoms with E-state index in [1.54, 1.807) is 17.2 Å². The lowest BCUT2D eigenvalue weighted by Gasteiger charge is -2.56. The van der Waals surface area contributed by atoms with Crippen molar-refractivity contribution in [3.63, 3.8) is 0 Å². The topological polar surface area (TPSA) is 49.3 Å². The molecule has 124 valence electrons. The highest BCUT2D eigenvalue weighted by atomic mass is 35.5. The molecule has 2 unspecified atom stereocenters. The molecule has 3 aliphatic heterocycles. The summed E-state index contributed by atoms with van der Waals surface area (Å²) < 4.78 is 14.0. The molecule has 7 heteroatoms. The van der Waals surface area contributed by atoms with Crippen molar-refractivity contribution in [2.45, 2.75) is 25.4 Å². The summed E-state index contributed by atoms with van der Waals surface area (Å²) in [7, 11) is 0. The van der Waals surface area contributed by atoms with Crippen molar-refractivity contribution in [3.8, 4) is 0 Å². The minimum atomic E-state index is -0.569. The molecule has 24 heavy (non-hydrogen) atoms. The van der Waals surface area contributed by atoms with Gasteiger partial charge in [0.15, 0.2) is 0 Å². The smallest absolute Gasteiger partial charge is 0.258 e. The van der Waals surface area contributed by atoms with Gasteiger partial charge in [-0.2, -0.15) is 0 Å². The maximum absolute atomic E-state index is 14.0. The van der Waals surface area contributed by atoms with Crippen LogP contribution in [-0.4, -0.2) is 45.9 Å². The number of carbonyl (C=O) groups excluding carboxylic acids is 1. The average molecular weight is 347 g/mol. The van der Waals surface area contributed by atoms with Gasteiger partial charge in [0.2, 0.25) is 0 Å². The Balaban J connectivity index is 1.54. The Labute approximate surface area is 144 Å². The summed E-state index contributed by atoms with van der Waals surface area (Å²) in [6, 6.07) is 6.31. The van der Waals surface area contributed by atoms with Crippen LogP contribution < -0.4 is 4.90 Å². The normalized spacial score (nSPS) is 22.3. The summed E-state index contributed by atoms with van der Waals surface area (Å²) in [4.78, 5) is 25.2. The van der Waals surface area contributed by atoms with E-state index in [0.717, 1.165) is 18.1 Å². The van der Waals surface area contributed by atoms with Gasteiger partial charge in [0.1, 0.15) is 17.5 Å². The summed E-state index contributed by atoms with van der Waals surface area (Å²) >= 11 is 6.03. The third kappa shape index (κ3) is 2.41. The first-order chi connectivity index (χ1) is 11.5. The Morgan fingerprint density at radius 1 is 1.29 bits per heavy atom. The van der Waals surface area contributed by atoms with Gasteiger partial charge in [-0.3, -0.25) is 4.79 Å². The Kier molecular flexibility index (Phi) is 3.64. The number of aryl methyl sites for hydroxylation is 1. The third-order valence-corrected chi connectivity index (χ3v) is 5.00. The maximum Gasteiger partial charge on any atom is 0.258 e. The molecule has 2 aromatic rings. The predicted molar refractivity (Wildman–Crippen MR) is 88.8 cm³/mol. The van der Waals surface area contributed by atoms with Gasteiger partial charge in [-0.05, 0) is 31.5 Å². The number of anilines is 1. The van der Waals surface area contributed by atoms with Gasteiger partial charge in [-0.15, -0.1) is 0 Å². The van der Waals surface area contributed by atoms with E-state index in [1.807, 2.05) is 13.0 Å². The molecule has 0 saturated carbocycles. The van der Waals surface area contributed by atoms with Crippen LogP contribution in [-0.2, 0) is 0 Å². The Hall–Kier alpha value is -2.21. The van der Waals surface area contributed by atoms with Gasteiger partial charge in [0.25, 0.3) is 5.91 Å². The predicted octanol–water partition coefficient (Wildman–Crippen LogP) is 2.68. The zero-order chi connectivity index (χ0) is 16.8. The minimum absolute atomic E-state index is 0.0276. The maximum atomic E-state index is 14.0. The Morgan fingerprint density at radius 3 is 2.71 bits per heavy atom. The number of piperidine rings is 1. The van der Waals surface area contributed by atoms with Crippen LogP contribution in [0.5, 0.6) is 0 Å². The van der Waals surface area contributed by atoms with Gasteiger partial charge in [0, 0.05) is 19.3 Å². The summed E-state index contributed by atoms with van der Waals surface area (Å²) in [5.74, 6) is 0.699. The number of fused-ring (bicyclic) bond motifs is 2. The summed E-state index contributed by atoms with van der Waals surface area (Å²) in [5, 5.41) is 0.160. The molecule has 4 heterocycles. The highest BCUT2D eigenvalue weighted by Crippen LogP contribution is 2.36. The van der Waals surface area contributed by atoms with Crippen LogP contribution in [0.3, 0.4) is 0 Å². The lowest BCUT2D eigenvalue weighted by atomic mass is 9.86. The van der Waals surface area contributed by atoms with Crippen LogP contribution in [0.1, 0.15) is 22.6 Å². The number of nitrogens with zero attached hydrogens (tertiary/aromatic N) is 4. The van der Waals surface area contributed by atoms with Crippen LogP contribution >= 0.6 is 11.6 Å². The van der Waals surface area contributed by atoms with Crippen LogP contribution in [0.15, 0.2) is 30.5 Å². The molecule has 5 nitrogen and oxygen atoms in total. The van der Waals surface area contributed by atoms with Crippen LogP contribution in [0.25, 0.3) is 0 Å². The second kappa shape index (κ2) is 5.70. The Bertz CT molecular complexity index is 783. The lowest BCUT2D eigenvalue weighted by Crippen LogP contribution is -2.70. The molecule has 2 atom stereocenters. The SMILES string of the molecule is Cc1nccc(N2CC3CC(C2)N3C(=O)c2c(F)cccc2Cl)n1. The van der Waals surface area contributed by atoms with Crippen molar-refractivity contribution in [3.05, 3.63) is 52.7 Å². The van der Waals surface area contributed by atoms with E-state index in [0.29, 0.717) is 13.1 Å². The first kappa shape index (κ1) is 15.3. The molecular weight excluding hydrogens is 331 g/mol. The number of carbonyl (C=O) groups is 1. The minimum Gasteiger partial charge on any atom is -0.352 e. The number of benzene rings is 1. The van der Waals surface area contributed by atoms with Gasteiger partial charge < -0.3 is 9.80 Å². The molecular formula is C17H16ClFN4O. The number of rotatable bonds is 2. The molecule has 1 aromatic carbocycles. The van der Waals surface area contributed by atoms with Crippen molar-refractivity contribution in [2.24, 2.45) is 0 Å². The molecule has 0 aliphatic carbocycles. The van der Waals surface area contributed by atoms with E-state index >= 15 is 0 Å². The molecule has 2 bridgehead atoms. The van der Waals surface area contributed by atoms with E-state index in [4.69, 9.17) is 11.6 Å². The van der Waals surface area contributed by atoms with E-state index in [9.17, 15) is 9.18 Å². The zero-order valence-electron chi connectivity index (χ0n) is 13.1. The summed E-state index contributed by atoms with van der Waals surface area (Å²) in [6.07, 6.45) is 2.66. The van der Waals surface area contributed by atoms with E-state index in [2.05, 4.69) is 14.9 Å². The van der Waals surface area contributed by atoms with Gasteiger partial charge in [0.05, 0.1) is 22.7 Å². The number of piperazine rings is 1. The molecule has 1 amide bonds. The second-order valence-corrected chi connectivity index (χ2v) is 6.63. The van der Waals surface area contributed by atoms with E-state index in [1.165, 1.54) is 12.1 Å². The highest BCUT2D eigenvalue weighted by Gasteiger charge is 2.48. The van der Waals surface area contributed by atoms with Crippen molar-refractivity contribution < 1.29 is 9.18 Å². The van der Waals surface area contributed by atoms with Crippen LogP contribution in [0, 0.1) is 12.7 Å². The summed E-state index contributed by atoms with van der Waals surface area (Å²) in [6.45, 7) is 3.22. The van der Waals surface area contributed by atoms with Gasteiger partial charge in [-0.25, -0.2) is 14.4 Å². The zero-order valence-corrected chi connectivity index (χ0v) is 13.9. The first-order valence-electron chi connectivity index (χ1n) is 7.86. The number of aromatic nitrogens is 2. The average Bonchev–Trinajstić information content (AvgIpc) is 2.54. The fourth-order valence-corrected chi connectivity index (χ4v) is 3.82. The van der Waals surface area contributed by atoms with Crippen molar-refractivity contribution in [1.82, 2.24) is 14.9 Å². The van der Waals surface area contributed by atoms with Crippen molar-refractivity contribution >= 4 is 23.3 Å². The molecule has 0 N–H and O–H groups in total. The summed E-state index contributed by atoms with van der Waals surface area (Å²) in [5.41, 5.74) is -0.0276. The molecule has 3 fully saturated rings. The number of halogens is 2. The fraction of sp³-hybridized carbons (Fsp3) is 0.353. The number of hydrogen-bond acceptors (Lipinski definition) is 4. The molecule has 5 rings (SSSR count). The molecule has 0 radical (unpaired) electrons. The quantitative estimate of drug-likeness (QED) is 0.839. The largest absolute Gasteiger partial charge is 0.352 e. The molecule has 0 spiro atoms. The molecule has 3 aliphatic rings. The van der Waals surface area contributed by atoms with Crippen LogP contribution in [0.4, 0.5) is 10.2 Å². The lowest BCUT2D eigenvalue weighted by molar-refractivity contribution is 0.00539. The van der Waals surface area contributed by atoms with Gasteiger partial charge >= 0.3 is 0 Å². The molecule has 1 aromatic heterocycles. The van der Waals surface area contributed by atoms with Gasteiger partial charge in [-0.1, -0.05) is 17.7 Å². The highest BCUT2D eigenvalue weighted by molar-refractivity contribution is 6.33. The van der Waals surface area contributed by atoms with E-state index in [-0.39, 0.29) is 28.6 Å². The first-order valence-corrected chi connectivity index (χ1v) is 8.23. The van der Waals surface area contributed by atoms with Crippen molar-refractivity contribution in [1.29, 1.82) is 0 Å². The van der Waals surface area contributed by atoms with Crippen molar-refractivity contribution in [2.75, 3.05) is 18.0 Å².